The van der Waals surface area contributed by atoms with E-state index in [4.69, 9.17) is 5.73 Å². The largest absolute Gasteiger partial charge is 0.329 e. The second kappa shape index (κ2) is 6.01. The summed E-state index contributed by atoms with van der Waals surface area (Å²) in [6, 6.07) is 1.95. The van der Waals surface area contributed by atoms with Gasteiger partial charge in [-0.15, -0.1) is 0 Å². The lowest BCUT2D eigenvalue weighted by Crippen LogP contribution is -2.52. The summed E-state index contributed by atoms with van der Waals surface area (Å²) in [5, 5.41) is 4.21. The van der Waals surface area contributed by atoms with Crippen molar-refractivity contribution < 1.29 is 0 Å². The Kier molecular flexibility index (Phi) is 4.96. The number of nitrogens with two attached hydrogens (primary N) is 1. The van der Waals surface area contributed by atoms with Crippen LogP contribution >= 0.6 is 0 Å². The summed E-state index contributed by atoms with van der Waals surface area (Å²) in [5.41, 5.74) is 6.06. The zero-order valence-electron chi connectivity index (χ0n) is 10.7. The highest BCUT2D eigenvalue weighted by Gasteiger charge is 2.28. The van der Waals surface area contributed by atoms with Gasteiger partial charge in [0, 0.05) is 31.0 Å². The van der Waals surface area contributed by atoms with Crippen LogP contribution in [0.1, 0.15) is 26.7 Å². The molecule has 0 radical (unpaired) electrons. The first-order valence-electron chi connectivity index (χ1n) is 6.07. The van der Waals surface area contributed by atoms with Gasteiger partial charge in [-0.2, -0.15) is 5.10 Å². The normalized spacial score (nSPS) is 12.3. The summed E-state index contributed by atoms with van der Waals surface area (Å²) in [4.78, 5) is 2.37. The van der Waals surface area contributed by atoms with Crippen LogP contribution in [0, 0.1) is 0 Å². The van der Waals surface area contributed by atoms with E-state index in [1.165, 1.54) is 0 Å². The minimum absolute atomic E-state index is 0.146. The lowest BCUT2D eigenvalue weighted by atomic mass is 9.91. The van der Waals surface area contributed by atoms with Gasteiger partial charge in [0.05, 0.1) is 6.54 Å². The molecule has 0 aliphatic carbocycles. The Hall–Kier alpha value is -0.870. The van der Waals surface area contributed by atoms with Crippen LogP contribution in [0.2, 0.25) is 0 Å². The Morgan fingerprint density at radius 1 is 1.38 bits per heavy atom. The molecule has 0 amide bonds. The molecule has 0 bridgehead atoms. The fraction of sp³-hybridized carbons (Fsp3) is 0.750. The Balaban J connectivity index is 2.52. The molecule has 1 aromatic rings. The molecule has 0 saturated carbocycles. The maximum atomic E-state index is 5.91. The quantitative estimate of drug-likeness (QED) is 0.760. The lowest BCUT2D eigenvalue weighted by molar-refractivity contribution is 0.110. The average Bonchev–Trinajstić information content (AvgIpc) is 2.82. The van der Waals surface area contributed by atoms with E-state index in [0.29, 0.717) is 0 Å². The molecular formula is C12H24N4. The smallest absolute Gasteiger partial charge is 0.0536 e. The van der Waals surface area contributed by atoms with Crippen LogP contribution < -0.4 is 5.73 Å². The standard InChI is InChI=1S/C12H24N4/c1-4-12(5-2,11-13)15(3)9-10-16-8-6-7-14-16/h6-8H,4-5,9-11,13H2,1-3H3. The number of rotatable bonds is 7. The van der Waals surface area contributed by atoms with Crippen LogP contribution in [0.25, 0.3) is 0 Å². The van der Waals surface area contributed by atoms with Gasteiger partial charge < -0.3 is 5.73 Å². The molecule has 0 aliphatic heterocycles. The van der Waals surface area contributed by atoms with Crippen LogP contribution in [0.15, 0.2) is 18.5 Å². The SMILES string of the molecule is CCC(CC)(CN)N(C)CCn1cccn1. The number of likely N-dealkylation sites (N-methyl/N-ethyl adjacent to an activating group) is 1. The van der Waals surface area contributed by atoms with Crippen molar-refractivity contribution in [3.8, 4) is 0 Å². The number of aromatic nitrogens is 2. The fourth-order valence-corrected chi connectivity index (χ4v) is 2.16. The van der Waals surface area contributed by atoms with Crippen LogP contribution in [0.5, 0.6) is 0 Å². The fourth-order valence-electron chi connectivity index (χ4n) is 2.16. The minimum Gasteiger partial charge on any atom is -0.329 e. The molecule has 1 rings (SSSR count). The Morgan fingerprint density at radius 3 is 2.50 bits per heavy atom. The molecule has 92 valence electrons. The lowest BCUT2D eigenvalue weighted by Gasteiger charge is -2.40. The molecule has 0 aromatic carbocycles. The highest BCUT2D eigenvalue weighted by molar-refractivity contribution is 4.88. The molecule has 0 atom stereocenters. The monoisotopic (exact) mass is 224 g/mol. The van der Waals surface area contributed by atoms with Gasteiger partial charge in [-0.25, -0.2) is 0 Å². The van der Waals surface area contributed by atoms with Crippen molar-refractivity contribution in [2.24, 2.45) is 5.73 Å². The van der Waals surface area contributed by atoms with Crippen molar-refractivity contribution in [1.82, 2.24) is 14.7 Å². The van der Waals surface area contributed by atoms with Gasteiger partial charge in [-0.05, 0) is 26.0 Å². The van der Waals surface area contributed by atoms with Crippen LogP contribution in [-0.4, -0.2) is 40.4 Å². The van der Waals surface area contributed by atoms with E-state index in [1.807, 2.05) is 23.1 Å². The van der Waals surface area contributed by atoms with Crippen molar-refractivity contribution in [3.05, 3.63) is 18.5 Å². The summed E-state index contributed by atoms with van der Waals surface area (Å²) in [6.45, 7) is 7.04. The predicted molar refractivity (Wildman–Crippen MR) is 67.2 cm³/mol. The predicted octanol–water partition coefficient (Wildman–Crippen LogP) is 1.33. The van der Waals surface area contributed by atoms with Crippen molar-refractivity contribution in [1.29, 1.82) is 0 Å². The summed E-state index contributed by atoms with van der Waals surface area (Å²) in [5.74, 6) is 0. The van der Waals surface area contributed by atoms with E-state index >= 15 is 0 Å². The van der Waals surface area contributed by atoms with Gasteiger partial charge in [0.25, 0.3) is 0 Å². The zero-order valence-corrected chi connectivity index (χ0v) is 10.7. The summed E-state index contributed by atoms with van der Waals surface area (Å²) < 4.78 is 1.96. The Labute approximate surface area is 98.4 Å². The topological polar surface area (TPSA) is 47.1 Å². The van der Waals surface area contributed by atoms with E-state index in [0.717, 1.165) is 32.5 Å². The van der Waals surface area contributed by atoms with Crippen molar-refractivity contribution in [3.63, 3.8) is 0 Å². The summed E-state index contributed by atoms with van der Waals surface area (Å²) >= 11 is 0. The van der Waals surface area contributed by atoms with Gasteiger partial charge in [-0.3, -0.25) is 9.58 Å². The molecule has 1 aromatic heterocycles. The van der Waals surface area contributed by atoms with Gasteiger partial charge in [0.2, 0.25) is 0 Å². The van der Waals surface area contributed by atoms with E-state index in [-0.39, 0.29) is 5.54 Å². The van der Waals surface area contributed by atoms with E-state index in [9.17, 15) is 0 Å². The highest BCUT2D eigenvalue weighted by atomic mass is 15.3. The van der Waals surface area contributed by atoms with E-state index < -0.39 is 0 Å². The Bertz CT molecular complexity index is 269. The maximum Gasteiger partial charge on any atom is 0.0536 e. The minimum atomic E-state index is 0.146. The molecule has 4 heteroatoms. The molecule has 0 fully saturated rings. The maximum absolute atomic E-state index is 5.91. The second-order valence-electron chi connectivity index (χ2n) is 4.33. The molecule has 0 aliphatic rings. The number of hydrogen-bond acceptors (Lipinski definition) is 3. The molecule has 1 heterocycles. The first-order chi connectivity index (χ1) is 7.68. The van der Waals surface area contributed by atoms with Crippen molar-refractivity contribution in [2.75, 3.05) is 20.1 Å². The van der Waals surface area contributed by atoms with Gasteiger partial charge in [0.15, 0.2) is 0 Å². The second-order valence-corrected chi connectivity index (χ2v) is 4.33. The third kappa shape index (κ3) is 2.83. The third-order valence-electron chi connectivity index (χ3n) is 3.73. The van der Waals surface area contributed by atoms with Crippen LogP contribution in [-0.2, 0) is 6.54 Å². The number of hydrogen-bond donors (Lipinski definition) is 1. The molecule has 16 heavy (non-hydrogen) atoms. The van der Waals surface area contributed by atoms with Gasteiger partial charge >= 0.3 is 0 Å². The summed E-state index contributed by atoms with van der Waals surface area (Å²) in [7, 11) is 2.16. The van der Waals surface area contributed by atoms with E-state index in [1.54, 1.807) is 0 Å². The van der Waals surface area contributed by atoms with Gasteiger partial charge in [-0.1, -0.05) is 13.8 Å². The highest BCUT2D eigenvalue weighted by Crippen LogP contribution is 2.20. The molecule has 0 unspecified atom stereocenters. The van der Waals surface area contributed by atoms with Crippen molar-refractivity contribution >= 4 is 0 Å². The van der Waals surface area contributed by atoms with Crippen LogP contribution in [0.4, 0.5) is 0 Å². The van der Waals surface area contributed by atoms with Crippen LogP contribution in [0.3, 0.4) is 0 Å². The van der Waals surface area contributed by atoms with Gasteiger partial charge in [0.1, 0.15) is 0 Å². The first kappa shape index (κ1) is 13.2. The molecule has 0 spiro atoms. The first-order valence-corrected chi connectivity index (χ1v) is 6.07. The molecule has 2 N–H and O–H groups in total. The van der Waals surface area contributed by atoms with Crippen molar-refractivity contribution in [2.45, 2.75) is 38.8 Å². The Morgan fingerprint density at radius 2 is 2.06 bits per heavy atom. The molecule has 4 nitrogen and oxygen atoms in total. The van der Waals surface area contributed by atoms with E-state index in [2.05, 4.69) is 30.9 Å². The summed E-state index contributed by atoms with van der Waals surface area (Å²) in [6.07, 6.45) is 6.00. The molecular weight excluding hydrogens is 200 g/mol. The third-order valence-corrected chi connectivity index (χ3v) is 3.73. The number of nitrogens with zero attached hydrogens (tertiary/aromatic N) is 3. The molecule has 0 saturated heterocycles. The zero-order chi connectivity index (χ0) is 12.0. The average molecular weight is 224 g/mol.